The van der Waals surface area contributed by atoms with Crippen LogP contribution in [0.25, 0.3) is 0 Å². The molecule has 0 aliphatic rings. The van der Waals surface area contributed by atoms with Crippen LogP contribution < -0.4 is 0 Å². The second kappa shape index (κ2) is 5.32. The van der Waals surface area contributed by atoms with Crippen LogP contribution in [0.3, 0.4) is 0 Å². The van der Waals surface area contributed by atoms with Gasteiger partial charge in [-0.05, 0) is 12.1 Å². The number of ether oxygens (including phenoxy) is 1. The number of phenolic OH excluding ortho intramolecular Hbond substituents is 1. The molecule has 0 fully saturated rings. The fourth-order valence-electron chi connectivity index (χ4n) is 0.904. The lowest BCUT2D eigenvalue weighted by molar-refractivity contribution is 0.208. The smallest absolute Gasteiger partial charge is 0.124 e. The van der Waals surface area contributed by atoms with Gasteiger partial charge in [0, 0.05) is 18.9 Å². The molecule has 0 spiro atoms. The molecule has 0 radical (unpaired) electrons. The monoisotopic (exact) mass is 179 g/mol. The van der Waals surface area contributed by atoms with E-state index in [1.807, 2.05) is 12.1 Å². The number of nitrogens with zero attached hydrogens (tertiary/aromatic N) is 1. The first-order chi connectivity index (χ1) is 6.34. The van der Waals surface area contributed by atoms with Crippen LogP contribution in [0.2, 0.25) is 0 Å². The summed E-state index contributed by atoms with van der Waals surface area (Å²) >= 11 is 0. The highest BCUT2D eigenvalue weighted by atomic mass is 16.5. The van der Waals surface area contributed by atoms with E-state index in [0.29, 0.717) is 13.2 Å². The second-order valence-corrected chi connectivity index (χ2v) is 2.59. The van der Waals surface area contributed by atoms with Gasteiger partial charge in [0.2, 0.25) is 0 Å². The fraction of sp³-hybridized carbons (Fsp3) is 0.300. The third-order valence-electron chi connectivity index (χ3n) is 1.59. The Kier molecular flexibility index (Phi) is 3.99. The summed E-state index contributed by atoms with van der Waals surface area (Å²) in [6.45, 7) is 1.22. The van der Waals surface area contributed by atoms with Crippen LogP contribution in [0.4, 0.5) is 0 Å². The van der Waals surface area contributed by atoms with Crippen molar-refractivity contribution in [2.75, 3.05) is 20.3 Å². The van der Waals surface area contributed by atoms with E-state index in [-0.39, 0.29) is 5.75 Å². The van der Waals surface area contributed by atoms with Gasteiger partial charge in [-0.15, -0.1) is 0 Å². The van der Waals surface area contributed by atoms with E-state index in [1.54, 1.807) is 25.5 Å². The quantitative estimate of drug-likeness (QED) is 0.561. The zero-order valence-electron chi connectivity index (χ0n) is 7.60. The van der Waals surface area contributed by atoms with Gasteiger partial charge in [0.1, 0.15) is 5.75 Å². The molecule has 1 aromatic carbocycles. The predicted octanol–water partition coefficient (Wildman–Crippen LogP) is 1.46. The van der Waals surface area contributed by atoms with Crippen molar-refractivity contribution in [3.63, 3.8) is 0 Å². The maximum Gasteiger partial charge on any atom is 0.124 e. The molecule has 13 heavy (non-hydrogen) atoms. The first-order valence-electron chi connectivity index (χ1n) is 4.11. The molecule has 0 bridgehead atoms. The number of aromatic hydroxyl groups is 1. The van der Waals surface area contributed by atoms with Crippen molar-refractivity contribution < 1.29 is 9.84 Å². The van der Waals surface area contributed by atoms with Crippen molar-refractivity contribution in [3.05, 3.63) is 29.8 Å². The van der Waals surface area contributed by atoms with Crippen molar-refractivity contribution in [3.8, 4) is 5.75 Å². The van der Waals surface area contributed by atoms with Crippen molar-refractivity contribution in [1.29, 1.82) is 0 Å². The van der Waals surface area contributed by atoms with Gasteiger partial charge in [0.05, 0.1) is 13.2 Å². The molecule has 0 saturated heterocycles. The highest BCUT2D eigenvalue weighted by molar-refractivity contribution is 5.83. The first kappa shape index (κ1) is 9.74. The SMILES string of the molecule is COCCN=Cc1ccccc1O. The second-order valence-electron chi connectivity index (χ2n) is 2.59. The van der Waals surface area contributed by atoms with Crippen molar-refractivity contribution in [2.45, 2.75) is 0 Å². The zero-order chi connectivity index (χ0) is 9.52. The summed E-state index contributed by atoms with van der Waals surface area (Å²) in [5.41, 5.74) is 0.735. The maximum atomic E-state index is 9.34. The van der Waals surface area contributed by atoms with Crippen LogP contribution >= 0.6 is 0 Å². The van der Waals surface area contributed by atoms with Crippen LogP contribution in [0.15, 0.2) is 29.3 Å². The van der Waals surface area contributed by atoms with Crippen LogP contribution in [-0.4, -0.2) is 31.6 Å². The zero-order valence-corrected chi connectivity index (χ0v) is 7.60. The summed E-state index contributed by atoms with van der Waals surface area (Å²) in [5, 5.41) is 9.34. The molecular formula is C10H13NO2. The van der Waals surface area contributed by atoms with Crippen molar-refractivity contribution in [2.24, 2.45) is 4.99 Å². The Labute approximate surface area is 77.7 Å². The number of methoxy groups -OCH3 is 1. The summed E-state index contributed by atoms with van der Waals surface area (Å²) in [7, 11) is 1.63. The average molecular weight is 179 g/mol. The van der Waals surface area contributed by atoms with E-state index in [2.05, 4.69) is 4.99 Å². The standard InChI is InChI=1S/C10H13NO2/c1-13-7-6-11-8-9-4-2-3-5-10(9)12/h2-5,8,12H,6-7H2,1H3. The first-order valence-corrected chi connectivity index (χ1v) is 4.11. The topological polar surface area (TPSA) is 41.8 Å². The molecule has 0 unspecified atom stereocenters. The lowest BCUT2D eigenvalue weighted by Crippen LogP contribution is -1.93. The lowest BCUT2D eigenvalue weighted by Gasteiger charge is -1.96. The Balaban J connectivity index is 2.53. The minimum absolute atomic E-state index is 0.253. The van der Waals surface area contributed by atoms with E-state index in [4.69, 9.17) is 4.74 Å². The highest BCUT2D eigenvalue weighted by Crippen LogP contribution is 2.12. The van der Waals surface area contributed by atoms with Gasteiger partial charge >= 0.3 is 0 Å². The molecule has 70 valence electrons. The summed E-state index contributed by atoms with van der Waals surface area (Å²) in [5.74, 6) is 0.253. The Hall–Kier alpha value is -1.35. The summed E-state index contributed by atoms with van der Waals surface area (Å²) in [6, 6.07) is 7.09. The van der Waals surface area contributed by atoms with Gasteiger partial charge in [-0.25, -0.2) is 0 Å². The van der Waals surface area contributed by atoms with Gasteiger partial charge in [-0.3, -0.25) is 4.99 Å². The van der Waals surface area contributed by atoms with Gasteiger partial charge in [0.25, 0.3) is 0 Å². The minimum Gasteiger partial charge on any atom is -0.507 e. The molecule has 3 nitrogen and oxygen atoms in total. The number of para-hydroxylation sites is 1. The molecule has 0 aliphatic carbocycles. The number of aliphatic imine (C=N–C) groups is 1. The molecule has 0 amide bonds. The van der Waals surface area contributed by atoms with Gasteiger partial charge in [0.15, 0.2) is 0 Å². The third-order valence-corrected chi connectivity index (χ3v) is 1.59. The lowest BCUT2D eigenvalue weighted by atomic mass is 10.2. The van der Waals surface area contributed by atoms with E-state index in [0.717, 1.165) is 5.56 Å². The van der Waals surface area contributed by atoms with E-state index in [9.17, 15) is 5.11 Å². The molecule has 0 aliphatic heterocycles. The largest absolute Gasteiger partial charge is 0.507 e. The number of hydrogen-bond donors (Lipinski definition) is 1. The third kappa shape index (κ3) is 3.25. The molecule has 0 heterocycles. The van der Waals surface area contributed by atoms with Gasteiger partial charge in [-0.1, -0.05) is 12.1 Å². The molecule has 1 rings (SSSR count). The summed E-state index contributed by atoms with van der Waals surface area (Å²) in [4.78, 5) is 4.08. The molecule has 1 N–H and O–H groups in total. The Bertz CT molecular complexity index is 284. The predicted molar refractivity (Wildman–Crippen MR) is 52.4 cm³/mol. The number of hydrogen-bond acceptors (Lipinski definition) is 3. The van der Waals surface area contributed by atoms with E-state index < -0.39 is 0 Å². The average Bonchev–Trinajstić information content (AvgIpc) is 2.15. The molecule has 0 aromatic heterocycles. The normalized spacial score (nSPS) is 10.8. The number of benzene rings is 1. The molecule has 0 saturated carbocycles. The molecular weight excluding hydrogens is 166 g/mol. The summed E-state index contributed by atoms with van der Waals surface area (Å²) < 4.78 is 4.83. The molecule has 0 atom stereocenters. The van der Waals surface area contributed by atoms with Crippen LogP contribution in [0, 0.1) is 0 Å². The molecule has 1 aromatic rings. The maximum absolute atomic E-state index is 9.34. The van der Waals surface area contributed by atoms with Gasteiger partial charge < -0.3 is 9.84 Å². The number of phenols is 1. The fourth-order valence-corrected chi connectivity index (χ4v) is 0.904. The van der Waals surface area contributed by atoms with Gasteiger partial charge in [-0.2, -0.15) is 0 Å². The Morgan fingerprint density at radius 3 is 2.92 bits per heavy atom. The van der Waals surface area contributed by atoms with Crippen molar-refractivity contribution >= 4 is 6.21 Å². The highest BCUT2D eigenvalue weighted by Gasteiger charge is 1.93. The Morgan fingerprint density at radius 2 is 2.23 bits per heavy atom. The molecule has 3 heteroatoms. The van der Waals surface area contributed by atoms with E-state index in [1.165, 1.54) is 0 Å². The summed E-state index contributed by atoms with van der Waals surface area (Å²) in [6.07, 6.45) is 1.65. The minimum atomic E-state index is 0.253. The van der Waals surface area contributed by atoms with E-state index >= 15 is 0 Å². The van der Waals surface area contributed by atoms with Crippen molar-refractivity contribution in [1.82, 2.24) is 0 Å². The Morgan fingerprint density at radius 1 is 1.46 bits per heavy atom. The van der Waals surface area contributed by atoms with Crippen LogP contribution in [0.1, 0.15) is 5.56 Å². The van der Waals surface area contributed by atoms with Crippen LogP contribution in [0.5, 0.6) is 5.75 Å². The number of rotatable bonds is 4. The van der Waals surface area contributed by atoms with Crippen LogP contribution in [-0.2, 0) is 4.74 Å².